The number of likely N-dealkylation sites (tertiary alicyclic amines) is 1. The molecule has 1 aromatic heterocycles. The molecule has 2 amide bonds. The zero-order valence-electron chi connectivity index (χ0n) is 10.9. The first-order chi connectivity index (χ1) is 9.13. The lowest BCUT2D eigenvalue weighted by Crippen LogP contribution is -2.55. The van der Waals surface area contributed by atoms with Crippen LogP contribution in [0, 0.1) is 12.8 Å². The van der Waals surface area contributed by atoms with Crippen LogP contribution in [-0.4, -0.2) is 40.2 Å². The molecule has 0 bridgehead atoms. The number of carbonyl (C=O) groups is 2. The number of aromatic nitrogens is 1. The van der Waals surface area contributed by atoms with Crippen molar-refractivity contribution >= 4 is 23.3 Å². The Morgan fingerprint density at radius 1 is 1.53 bits per heavy atom. The van der Waals surface area contributed by atoms with Gasteiger partial charge < -0.3 is 10.2 Å². The summed E-state index contributed by atoms with van der Waals surface area (Å²) in [4.78, 5) is 26.6. The van der Waals surface area contributed by atoms with Gasteiger partial charge in [-0.2, -0.15) is 4.37 Å². The minimum atomic E-state index is 0.0275. The second-order valence-corrected chi connectivity index (χ2v) is 6.34. The highest BCUT2D eigenvalue weighted by molar-refractivity contribution is 7.05. The number of nitrogens with zero attached hydrogens (tertiary/aromatic N) is 2. The zero-order valence-corrected chi connectivity index (χ0v) is 11.7. The fourth-order valence-electron chi connectivity index (χ4n) is 2.92. The topological polar surface area (TPSA) is 62.3 Å². The van der Waals surface area contributed by atoms with E-state index in [9.17, 15) is 9.59 Å². The van der Waals surface area contributed by atoms with Crippen LogP contribution in [0.4, 0.5) is 0 Å². The van der Waals surface area contributed by atoms with Gasteiger partial charge in [-0.15, -0.1) is 0 Å². The second kappa shape index (κ2) is 4.92. The van der Waals surface area contributed by atoms with Crippen LogP contribution in [0.2, 0.25) is 0 Å². The van der Waals surface area contributed by atoms with Crippen molar-refractivity contribution in [1.29, 1.82) is 0 Å². The number of rotatable bonds is 1. The minimum Gasteiger partial charge on any atom is -0.353 e. The second-order valence-electron chi connectivity index (χ2n) is 5.34. The molecule has 3 rings (SSSR count). The van der Waals surface area contributed by atoms with Crippen molar-refractivity contribution in [3.8, 4) is 0 Å². The van der Waals surface area contributed by atoms with E-state index in [2.05, 4.69) is 9.69 Å². The monoisotopic (exact) mass is 279 g/mol. The average Bonchev–Trinajstić information content (AvgIpc) is 2.84. The van der Waals surface area contributed by atoms with Crippen LogP contribution < -0.4 is 5.32 Å². The quantitative estimate of drug-likeness (QED) is 0.840. The van der Waals surface area contributed by atoms with Crippen LogP contribution in [0.25, 0.3) is 0 Å². The minimum absolute atomic E-state index is 0.0275. The van der Waals surface area contributed by atoms with Gasteiger partial charge in [0.05, 0.1) is 0 Å². The molecule has 5 nitrogen and oxygen atoms in total. The number of hydrogen-bond acceptors (Lipinski definition) is 4. The van der Waals surface area contributed by atoms with Crippen LogP contribution in [0.15, 0.2) is 6.07 Å². The summed E-state index contributed by atoms with van der Waals surface area (Å²) in [5.41, 5.74) is 0.556. The van der Waals surface area contributed by atoms with E-state index in [1.807, 2.05) is 17.9 Å². The Balaban J connectivity index is 1.68. The van der Waals surface area contributed by atoms with Gasteiger partial charge in [0.2, 0.25) is 5.91 Å². The Bertz CT molecular complexity index is 514. The molecule has 2 aliphatic rings. The van der Waals surface area contributed by atoms with Gasteiger partial charge in [0, 0.05) is 30.4 Å². The lowest BCUT2D eigenvalue weighted by molar-refractivity contribution is -0.125. The first-order valence-corrected chi connectivity index (χ1v) is 7.43. The summed E-state index contributed by atoms with van der Waals surface area (Å²) < 4.78 is 4.19. The number of amides is 2. The van der Waals surface area contributed by atoms with Gasteiger partial charge in [-0.3, -0.25) is 9.59 Å². The molecule has 2 fully saturated rings. The molecule has 102 valence electrons. The van der Waals surface area contributed by atoms with Crippen molar-refractivity contribution < 1.29 is 9.59 Å². The number of fused-ring (bicyclic) bond motifs is 1. The molecule has 19 heavy (non-hydrogen) atoms. The first kappa shape index (κ1) is 12.6. The summed E-state index contributed by atoms with van der Waals surface area (Å²) in [6, 6.07) is 2.10. The summed E-state index contributed by atoms with van der Waals surface area (Å²) in [5, 5.41) is 3.03. The molecule has 0 aromatic carbocycles. The number of aryl methyl sites for hydroxylation is 1. The molecular formula is C13H17N3O2S. The first-order valence-electron chi connectivity index (χ1n) is 6.65. The summed E-state index contributed by atoms with van der Waals surface area (Å²) in [5.74, 6) is 0.575. The van der Waals surface area contributed by atoms with Gasteiger partial charge in [-0.25, -0.2) is 0 Å². The predicted octanol–water partition coefficient (Wildman–Crippen LogP) is 1.19. The Kier molecular flexibility index (Phi) is 3.26. The summed E-state index contributed by atoms with van der Waals surface area (Å²) >= 11 is 1.37. The van der Waals surface area contributed by atoms with Crippen LogP contribution in [-0.2, 0) is 4.79 Å². The Labute approximate surface area is 116 Å². The van der Waals surface area contributed by atoms with Gasteiger partial charge in [-0.1, -0.05) is 0 Å². The highest BCUT2D eigenvalue weighted by atomic mass is 32.1. The summed E-state index contributed by atoms with van der Waals surface area (Å²) in [6.07, 6.45) is 2.32. The molecule has 0 spiro atoms. The molecule has 0 saturated carbocycles. The van der Waals surface area contributed by atoms with Gasteiger partial charge in [0.25, 0.3) is 5.91 Å². The third kappa shape index (κ3) is 2.49. The van der Waals surface area contributed by atoms with Crippen molar-refractivity contribution in [2.45, 2.75) is 32.2 Å². The molecule has 1 N–H and O–H groups in total. The Hall–Kier alpha value is -1.43. The van der Waals surface area contributed by atoms with Crippen molar-refractivity contribution in [3.63, 3.8) is 0 Å². The Morgan fingerprint density at radius 3 is 3.11 bits per heavy atom. The standard InChI is InChI=1S/C13H17N3O2S/c1-8-6-11(15-19-8)13(18)16-5-4-10-9(7-16)2-3-12(17)14-10/h6,9-10H,2-5,7H2,1H3,(H,14,17). The zero-order chi connectivity index (χ0) is 13.4. The van der Waals surface area contributed by atoms with E-state index in [1.165, 1.54) is 11.5 Å². The van der Waals surface area contributed by atoms with E-state index in [0.29, 0.717) is 24.6 Å². The molecule has 2 saturated heterocycles. The van der Waals surface area contributed by atoms with Crippen LogP contribution in [0.3, 0.4) is 0 Å². The van der Waals surface area contributed by atoms with E-state index in [1.54, 1.807) is 0 Å². The molecule has 0 aliphatic carbocycles. The Morgan fingerprint density at radius 2 is 2.37 bits per heavy atom. The van der Waals surface area contributed by atoms with Crippen LogP contribution >= 0.6 is 11.5 Å². The lowest BCUT2D eigenvalue weighted by atomic mass is 9.85. The van der Waals surface area contributed by atoms with Crippen molar-refractivity contribution in [2.24, 2.45) is 5.92 Å². The highest BCUT2D eigenvalue weighted by Gasteiger charge is 2.35. The lowest BCUT2D eigenvalue weighted by Gasteiger charge is -2.41. The van der Waals surface area contributed by atoms with Crippen molar-refractivity contribution in [1.82, 2.24) is 14.6 Å². The molecule has 2 aliphatic heterocycles. The van der Waals surface area contributed by atoms with Gasteiger partial charge in [0.1, 0.15) is 5.69 Å². The average molecular weight is 279 g/mol. The van der Waals surface area contributed by atoms with E-state index >= 15 is 0 Å². The van der Waals surface area contributed by atoms with Crippen LogP contribution in [0.5, 0.6) is 0 Å². The van der Waals surface area contributed by atoms with Crippen molar-refractivity contribution in [2.75, 3.05) is 13.1 Å². The largest absolute Gasteiger partial charge is 0.353 e. The molecule has 2 unspecified atom stereocenters. The maximum Gasteiger partial charge on any atom is 0.273 e. The number of hydrogen-bond donors (Lipinski definition) is 1. The predicted molar refractivity (Wildman–Crippen MR) is 72.0 cm³/mol. The van der Waals surface area contributed by atoms with Gasteiger partial charge in [-0.05, 0) is 43.3 Å². The molecule has 0 radical (unpaired) electrons. The fraction of sp³-hybridized carbons (Fsp3) is 0.615. The maximum atomic E-state index is 12.3. The smallest absolute Gasteiger partial charge is 0.273 e. The van der Waals surface area contributed by atoms with E-state index in [-0.39, 0.29) is 17.9 Å². The third-order valence-electron chi connectivity index (χ3n) is 3.96. The SMILES string of the molecule is Cc1cc(C(=O)N2CCC3NC(=O)CCC3C2)ns1. The summed E-state index contributed by atoms with van der Waals surface area (Å²) in [7, 11) is 0. The van der Waals surface area contributed by atoms with E-state index < -0.39 is 0 Å². The molecule has 6 heteroatoms. The van der Waals surface area contributed by atoms with Crippen molar-refractivity contribution in [3.05, 3.63) is 16.6 Å². The molecular weight excluding hydrogens is 262 g/mol. The maximum absolute atomic E-state index is 12.3. The molecule has 1 aromatic rings. The molecule has 3 heterocycles. The van der Waals surface area contributed by atoms with Gasteiger partial charge >= 0.3 is 0 Å². The molecule has 2 atom stereocenters. The highest BCUT2D eigenvalue weighted by Crippen LogP contribution is 2.26. The number of nitrogens with one attached hydrogen (secondary N) is 1. The van der Waals surface area contributed by atoms with Gasteiger partial charge in [0.15, 0.2) is 0 Å². The third-order valence-corrected chi connectivity index (χ3v) is 4.65. The van der Waals surface area contributed by atoms with E-state index in [4.69, 9.17) is 0 Å². The van der Waals surface area contributed by atoms with Crippen LogP contribution in [0.1, 0.15) is 34.6 Å². The fourth-order valence-corrected chi connectivity index (χ4v) is 3.46. The normalized spacial score (nSPS) is 26.8. The van der Waals surface area contributed by atoms with E-state index in [0.717, 1.165) is 24.3 Å². The number of piperidine rings is 2. The summed E-state index contributed by atoms with van der Waals surface area (Å²) in [6.45, 7) is 3.40. The number of carbonyl (C=O) groups excluding carboxylic acids is 2.